The van der Waals surface area contributed by atoms with Crippen molar-refractivity contribution in [3.8, 4) is 0 Å². The van der Waals surface area contributed by atoms with Crippen molar-refractivity contribution in [3.63, 3.8) is 0 Å². The lowest BCUT2D eigenvalue weighted by Gasteiger charge is -2.49. The van der Waals surface area contributed by atoms with Crippen LogP contribution in [-0.4, -0.2) is 24.2 Å². The quantitative estimate of drug-likeness (QED) is 0.836. The van der Waals surface area contributed by atoms with Crippen molar-refractivity contribution in [2.75, 3.05) is 18.0 Å². The maximum Gasteiger partial charge on any atom is 0.0475 e. The van der Waals surface area contributed by atoms with E-state index in [2.05, 4.69) is 79.0 Å². The monoisotopic (exact) mass is 324 g/mol. The van der Waals surface area contributed by atoms with Gasteiger partial charge in [-0.05, 0) is 71.3 Å². The van der Waals surface area contributed by atoms with Crippen LogP contribution in [0.25, 0.3) is 0 Å². The smallest absolute Gasteiger partial charge is 0.0475 e. The Morgan fingerprint density at radius 2 is 1.84 bits per heavy atom. The Hall–Kier alpha value is -0.540. The van der Waals surface area contributed by atoms with Crippen LogP contribution in [-0.2, 0) is 0 Å². The fraction of sp³-hybridized carbons (Fsp3) is 0.625. The predicted octanol–water partition coefficient (Wildman–Crippen LogP) is 4.11. The average Bonchev–Trinajstić information content (AvgIpc) is 2.39. The predicted molar refractivity (Wildman–Crippen MR) is 87.0 cm³/mol. The molecule has 106 valence electrons. The van der Waals surface area contributed by atoms with E-state index in [0.29, 0.717) is 0 Å². The highest BCUT2D eigenvalue weighted by atomic mass is 79.9. The van der Waals surface area contributed by atoms with Gasteiger partial charge < -0.3 is 10.2 Å². The highest BCUT2D eigenvalue weighted by molar-refractivity contribution is 9.10. The molecular weight excluding hydrogens is 300 g/mol. The molecule has 2 nitrogen and oxygen atoms in total. The van der Waals surface area contributed by atoms with Crippen LogP contribution in [0, 0.1) is 6.92 Å². The Bertz CT molecular complexity index is 448. The molecular formula is C16H25BrN2. The lowest BCUT2D eigenvalue weighted by Crippen LogP contribution is -2.57. The Labute approximate surface area is 125 Å². The molecule has 3 heteroatoms. The lowest BCUT2D eigenvalue weighted by molar-refractivity contribution is 0.357. The van der Waals surface area contributed by atoms with Gasteiger partial charge in [0, 0.05) is 27.8 Å². The van der Waals surface area contributed by atoms with Gasteiger partial charge in [-0.25, -0.2) is 0 Å². The molecule has 1 aliphatic rings. The second kappa shape index (κ2) is 5.10. The standard InChI is InChI=1S/C16H25BrN2/c1-12-10-13(6-7-14(12)17)19-15(2,3)8-9-18-11-16(19,4)5/h6-7,10,18H,8-9,11H2,1-5H3. The molecule has 1 aromatic rings. The van der Waals surface area contributed by atoms with Crippen LogP contribution in [0.15, 0.2) is 22.7 Å². The average molecular weight is 325 g/mol. The van der Waals surface area contributed by atoms with Crippen molar-refractivity contribution in [1.82, 2.24) is 5.32 Å². The highest BCUT2D eigenvalue weighted by Gasteiger charge is 2.39. The summed E-state index contributed by atoms with van der Waals surface area (Å²) in [6.45, 7) is 13.6. The summed E-state index contributed by atoms with van der Waals surface area (Å²) in [5, 5.41) is 3.57. The Morgan fingerprint density at radius 3 is 2.47 bits per heavy atom. The molecule has 1 N–H and O–H groups in total. The van der Waals surface area contributed by atoms with Crippen molar-refractivity contribution in [2.24, 2.45) is 0 Å². The molecule has 0 atom stereocenters. The van der Waals surface area contributed by atoms with Gasteiger partial charge in [0.15, 0.2) is 0 Å². The zero-order valence-electron chi connectivity index (χ0n) is 12.7. The first-order chi connectivity index (χ1) is 8.74. The van der Waals surface area contributed by atoms with E-state index < -0.39 is 0 Å². The summed E-state index contributed by atoms with van der Waals surface area (Å²) in [6, 6.07) is 6.68. The van der Waals surface area contributed by atoms with Crippen LogP contribution in [0.2, 0.25) is 0 Å². The summed E-state index contributed by atoms with van der Waals surface area (Å²) in [5.41, 5.74) is 2.88. The van der Waals surface area contributed by atoms with Crippen LogP contribution >= 0.6 is 15.9 Å². The highest BCUT2D eigenvalue weighted by Crippen LogP contribution is 2.36. The Morgan fingerprint density at radius 1 is 1.16 bits per heavy atom. The maximum absolute atomic E-state index is 3.60. The van der Waals surface area contributed by atoms with Gasteiger partial charge in [-0.1, -0.05) is 15.9 Å². The van der Waals surface area contributed by atoms with Gasteiger partial charge >= 0.3 is 0 Å². The molecule has 0 unspecified atom stereocenters. The van der Waals surface area contributed by atoms with Crippen molar-refractivity contribution < 1.29 is 0 Å². The molecule has 1 heterocycles. The SMILES string of the molecule is Cc1cc(N2C(C)(C)CCNCC2(C)C)ccc1Br. The minimum Gasteiger partial charge on any atom is -0.360 e. The van der Waals surface area contributed by atoms with Gasteiger partial charge in [-0.2, -0.15) is 0 Å². The molecule has 1 fully saturated rings. The number of halogens is 1. The van der Waals surface area contributed by atoms with Gasteiger partial charge in [0.1, 0.15) is 0 Å². The number of nitrogens with one attached hydrogen (secondary N) is 1. The summed E-state index contributed by atoms with van der Waals surface area (Å²) in [5.74, 6) is 0. The van der Waals surface area contributed by atoms with Crippen LogP contribution in [0.3, 0.4) is 0 Å². The second-order valence-corrected chi connectivity index (χ2v) is 7.67. The number of hydrogen-bond acceptors (Lipinski definition) is 2. The molecule has 0 saturated carbocycles. The molecule has 0 radical (unpaired) electrons. The van der Waals surface area contributed by atoms with Crippen LogP contribution in [0.1, 0.15) is 39.7 Å². The van der Waals surface area contributed by atoms with E-state index in [4.69, 9.17) is 0 Å². The topological polar surface area (TPSA) is 15.3 Å². The molecule has 0 bridgehead atoms. The Kier molecular flexibility index (Phi) is 3.99. The number of rotatable bonds is 1. The zero-order valence-corrected chi connectivity index (χ0v) is 14.3. The number of hydrogen-bond donors (Lipinski definition) is 1. The van der Waals surface area contributed by atoms with Gasteiger partial charge in [-0.15, -0.1) is 0 Å². The van der Waals surface area contributed by atoms with E-state index in [1.54, 1.807) is 0 Å². The summed E-state index contributed by atoms with van der Waals surface area (Å²) in [7, 11) is 0. The largest absolute Gasteiger partial charge is 0.360 e. The van der Waals surface area contributed by atoms with E-state index in [9.17, 15) is 0 Å². The normalized spacial score (nSPS) is 22.1. The Balaban J connectivity index is 2.49. The van der Waals surface area contributed by atoms with Crippen molar-refractivity contribution in [2.45, 2.75) is 52.1 Å². The van der Waals surface area contributed by atoms with E-state index in [0.717, 1.165) is 19.5 Å². The minimum atomic E-state index is 0.111. The lowest BCUT2D eigenvalue weighted by atomic mass is 9.91. The second-order valence-electron chi connectivity index (χ2n) is 6.82. The molecule has 2 rings (SSSR count). The summed E-state index contributed by atoms with van der Waals surface area (Å²) < 4.78 is 1.18. The molecule has 19 heavy (non-hydrogen) atoms. The van der Waals surface area contributed by atoms with E-state index in [1.807, 2.05) is 0 Å². The zero-order chi connectivity index (χ0) is 14.3. The van der Waals surface area contributed by atoms with Gasteiger partial charge in [0.05, 0.1) is 0 Å². The molecule has 0 aliphatic carbocycles. The van der Waals surface area contributed by atoms with Gasteiger partial charge in [-0.3, -0.25) is 0 Å². The maximum atomic E-state index is 3.60. The van der Waals surface area contributed by atoms with Crippen LogP contribution in [0.4, 0.5) is 5.69 Å². The summed E-state index contributed by atoms with van der Waals surface area (Å²) in [6.07, 6.45) is 1.16. The molecule has 0 amide bonds. The molecule has 0 spiro atoms. The first-order valence-electron chi connectivity index (χ1n) is 7.01. The molecule has 1 aliphatic heterocycles. The third kappa shape index (κ3) is 2.97. The minimum absolute atomic E-state index is 0.111. The van der Waals surface area contributed by atoms with E-state index >= 15 is 0 Å². The first-order valence-corrected chi connectivity index (χ1v) is 7.81. The van der Waals surface area contributed by atoms with E-state index in [1.165, 1.54) is 15.7 Å². The van der Waals surface area contributed by atoms with Crippen LogP contribution < -0.4 is 10.2 Å². The summed E-state index contributed by atoms with van der Waals surface area (Å²) >= 11 is 3.60. The van der Waals surface area contributed by atoms with Crippen molar-refractivity contribution in [3.05, 3.63) is 28.2 Å². The fourth-order valence-corrected chi connectivity index (χ4v) is 3.51. The number of benzene rings is 1. The summed E-state index contributed by atoms with van der Waals surface area (Å²) in [4.78, 5) is 2.58. The van der Waals surface area contributed by atoms with Gasteiger partial charge in [0.2, 0.25) is 0 Å². The van der Waals surface area contributed by atoms with Crippen LogP contribution in [0.5, 0.6) is 0 Å². The molecule has 0 aromatic heterocycles. The molecule has 1 aromatic carbocycles. The van der Waals surface area contributed by atoms with E-state index in [-0.39, 0.29) is 11.1 Å². The first kappa shape index (κ1) is 14.9. The number of nitrogens with zero attached hydrogens (tertiary/aromatic N) is 1. The third-order valence-electron chi connectivity index (χ3n) is 4.08. The fourth-order valence-electron chi connectivity index (χ4n) is 3.27. The van der Waals surface area contributed by atoms with Crippen molar-refractivity contribution >= 4 is 21.6 Å². The number of anilines is 1. The van der Waals surface area contributed by atoms with Gasteiger partial charge in [0.25, 0.3) is 0 Å². The van der Waals surface area contributed by atoms with Crippen molar-refractivity contribution in [1.29, 1.82) is 0 Å². The number of aryl methyl sites for hydroxylation is 1. The molecule has 1 saturated heterocycles. The third-order valence-corrected chi connectivity index (χ3v) is 4.97.